The summed E-state index contributed by atoms with van der Waals surface area (Å²) in [6.07, 6.45) is 0. The van der Waals surface area contributed by atoms with Crippen LogP contribution in [0, 0.1) is 0 Å². The van der Waals surface area contributed by atoms with Crippen LogP contribution < -0.4 is 14.8 Å². The van der Waals surface area contributed by atoms with E-state index in [4.69, 9.17) is 9.47 Å². The van der Waals surface area contributed by atoms with Gasteiger partial charge in [-0.15, -0.1) is 11.3 Å². The van der Waals surface area contributed by atoms with Crippen LogP contribution in [0.3, 0.4) is 0 Å². The van der Waals surface area contributed by atoms with Gasteiger partial charge in [-0.2, -0.15) is 0 Å². The fraction of sp³-hybridized carbons (Fsp3) is 0.250. The fourth-order valence-electron chi connectivity index (χ4n) is 1.83. The Morgan fingerprint density at radius 1 is 1.27 bits per heavy atom. The largest absolute Gasteiger partial charge is 0.497 e. The van der Waals surface area contributed by atoms with Crippen LogP contribution in [0.5, 0.6) is 11.5 Å². The second-order valence-corrected chi connectivity index (χ2v) is 5.60. The molecular formula is C16H17NO4S. The Kier molecular flexibility index (Phi) is 5.55. The van der Waals surface area contributed by atoms with E-state index in [0.717, 1.165) is 4.88 Å². The second-order valence-electron chi connectivity index (χ2n) is 4.56. The van der Waals surface area contributed by atoms with E-state index >= 15 is 0 Å². The van der Waals surface area contributed by atoms with Crippen molar-refractivity contribution in [1.29, 1.82) is 0 Å². The molecule has 0 aliphatic rings. The summed E-state index contributed by atoms with van der Waals surface area (Å²) in [5, 5.41) is 4.71. The molecule has 0 saturated heterocycles. The van der Waals surface area contributed by atoms with Crippen molar-refractivity contribution >= 4 is 23.0 Å². The smallest absolute Gasteiger partial charge is 0.258 e. The van der Waals surface area contributed by atoms with Gasteiger partial charge in [-0.25, -0.2) is 0 Å². The Morgan fingerprint density at radius 2 is 2.09 bits per heavy atom. The lowest BCUT2D eigenvalue weighted by atomic mass is 10.1. The fourth-order valence-corrected chi connectivity index (χ4v) is 2.48. The van der Waals surface area contributed by atoms with Crippen LogP contribution in [0.4, 0.5) is 0 Å². The van der Waals surface area contributed by atoms with Crippen molar-refractivity contribution in [2.45, 2.75) is 13.5 Å². The van der Waals surface area contributed by atoms with Crippen molar-refractivity contribution in [3.63, 3.8) is 0 Å². The molecular weight excluding hydrogens is 302 g/mol. The number of ether oxygens (including phenoxy) is 2. The van der Waals surface area contributed by atoms with Crippen LogP contribution in [0.25, 0.3) is 0 Å². The monoisotopic (exact) mass is 319 g/mol. The lowest BCUT2D eigenvalue weighted by Gasteiger charge is -2.11. The molecule has 6 heteroatoms. The molecule has 0 bridgehead atoms. The Labute approximate surface area is 132 Å². The zero-order valence-electron chi connectivity index (χ0n) is 12.4. The number of carbonyl (C=O) groups excluding carboxylic acids is 2. The Balaban J connectivity index is 1.94. The number of thiophene rings is 1. The lowest BCUT2D eigenvalue weighted by Crippen LogP contribution is -2.28. The molecule has 116 valence electrons. The van der Waals surface area contributed by atoms with Crippen LogP contribution >= 0.6 is 11.3 Å². The topological polar surface area (TPSA) is 64.6 Å². The second kappa shape index (κ2) is 7.61. The first-order valence-corrected chi connectivity index (χ1v) is 7.59. The van der Waals surface area contributed by atoms with Crippen LogP contribution in [0.1, 0.15) is 22.2 Å². The maximum Gasteiger partial charge on any atom is 0.258 e. The number of methoxy groups -OCH3 is 1. The van der Waals surface area contributed by atoms with Gasteiger partial charge >= 0.3 is 0 Å². The van der Waals surface area contributed by atoms with Gasteiger partial charge in [-0.05, 0) is 30.5 Å². The van der Waals surface area contributed by atoms with Crippen LogP contribution in [0.2, 0.25) is 0 Å². The van der Waals surface area contributed by atoms with Crippen molar-refractivity contribution in [1.82, 2.24) is 5.32 Å². The summed E-state index contributed by atoms with van der Waals surface area (Å²) in [6, 6.07) is 8.78. The van der Waals surface area contributed by atoms with Crippen molar-refractivity contribution in [3.8, 4) is 11.5 Å². The highest BCUT2D eigenvalue weighted by Gasteiger charge is 2.12. The van der Waals surface area contributed by atoms with Gasteiger partial charge in [0.15, 0.2) is 12.4 Å². The number of nitrogens with one attached hydrogen (secondary N) is 1. The minimum absolute atomic E-state index is 0.128. The first-order chi connectivity index (χ1) is 10.6. The summed E-state index contributed by atoms with van der Waals surface area (Å²) in [6.45, 7) is 1.77. The molecule has 0 fully saturated rings. The summed E-state index contributed by atoms with van der Waals surface area (Å²) < 4.78 is 10.6. The molecule has 0 aliphatic carbocycles. The van der Waals surface area contributed by atoms with E-state index in [2.05, 4.69) is 5.32 Å². The minimum Gasteiger partial charge on any atom is -0.497 e. The molecule has 0 unspecified atom stereocenters. The predicted molar refractivity (Wildman–Crippen MR) is 84.7 cm³/mol. The van der Waals surface area contributed by atoms with E-state index in [1.807, 2.05) is 17.5 Å². The highest BCUT2D eigenvalue weighted by Crippen LogP contribution is 2.25. The molecule has 5 nitrogen and oxygen atoms in total. The Hall–Kier alpha value is -2.34. The average Bonchev–Trinajstić information content (AvgIpc) is 3.03. The highest BCUT2D eigenvalue weighted by atomic mass is 32.1. The van der Waals surface area contributed by atoms with Crippen LogP contribution in [-0.4, -0.2) is 25.4 Å². The molecule has 22 heavy (non-hydrogen) atoms. The first kappa shape index (κ1) is 16.0. The number of rotatable bonds is 7. The normalized spacial score (nSPS) is 10.1. The third-order valence-corrected chi connectivity index (χ3v) is 3.84. The third kappa shape index (κ3) is 4.33. The Morgan fingerprint density at radius 3 is 2.73 bits per heavy atom. The summed E-state index contributed by atoms with van der Waals surface area (Å²) >= 11 is 1.57. The molecule has 0 spiro atoms. The van der Waals surface area contributed by atoms with E-state index in [1.54, 1.807) is 29.5 Å². The number of hydrogen-bond acceptors (Lipinski definition) is 5. The molecule has 2 aromatic rings. The molecule has 1 amide bonds. The van der Waals surface area contributed by atoms with E-state index in [0.29, 0.717) is 23.6 Å². The maximum atomic E-state index is 11.8. The van der Waals surface area contributed by atoms with Crippen LogP contribution in [-0.2, 0) is 11.3 Å². The minimum atomic E-state index is -0.245. The van der Waals surface area contributed by atoms with E-state index in [-0.39, 0.29) is 18.3 Å². The van der Waals surface area contributed by atoms with E-state index < -0.39 is 0 Å². The number of benzene rings is 1. The van der Waals surface area contributed by atoms with Crippen molar-refractivity contribution in [2.24, 2.45) is 0 Å². The van der Waals surface area contributed by atoms with Gasteiger partial charge in [-0.1, -0.05) is 6.07 Å². The third-order valence-electron chi connectivity index (χ3n) is 2.97. The molecule has 1 N–H and O–H groups in total. The number of Topliss-reactive ketones (excluding diaryl/α,β-unsaturated/α-hetero) is 1. The molecule has 1 heterocycles. The first-order valence-electron chi connectivity index (χ1n) is 6.71. The summed E-state index contributed by atoms with van der Waals surface area (Å²) in [5.74, 6) is 0.541. The molecule has 1 aromatic carbocycles. The van der Waals surface area contributed by atoms with Crippen molar-refractivity contribution in [2.75, 3.05) is 13.7 Å². The zero-order valence-corrected chi connectivity index (χ0v) is 13.2. The molecule has 0 atom stereocenters. The molecule has 0 radical (unpaired) electrons. The van der Waals surface area contributed by atoms with Crippen LogP contribution in [0.15, 0.2) is 35.7 Å². The number of hydrogen-bond donors (Lipinski definition) is 1. The van der Waals surface area contributed by atoms with Gasteiger partial charge < -0.3 is 14.8 Å². The van der Waals surface area contributed by atoms with Gasteiger partial charge in [0.2, 0.25) is 0 Å². The SMILES string of the molecule is COc1ccc(C(C)=O)c(OCC(=O)NCc2cccs2)c1. The zero-order chi connectivity index (χ0) is 15.9. The molecule has 2 rings (SSSR count). The van der Waals surface area contributed by atoms with Gasteiger partial charge in [0.25, 0.3) is 5.91 Å². The summed E-state index contributed by atoms with van der Waals surface area (Å²) in [5.41, 5.74) is 0.423. The number of ketones is 1. The molecule has 0 saturated carbocycles. The lowest BCUT2D eigenvalue weighted by molar-refractivity contribution is -0.123. The van der Waals surface area contributed by atoms with Gasteiger partial charge in [-0.3, -0.25) is 9.59 Å². The van der Waals surface area contributed by atoms with Gasteiger partial charge in [0, 0.05) is 10.9 Å². The highest BCUT2D eigenvalue weighted by molar-refractivity contribution is 7.09. The standard InChI is InChI=1S/C16H17NO4S/c1-11(18)14-6-5-12(20-2)8-15(14)21-10-16(19)17-9-13-4-3-7-22-13/h3-8H,9-10H2,1-2H3,(H,17,19). The van der Waals surface area contributed by atoms with Crippen molar-refractivity contribution in [3.05, 3.63) is 46.2 Å². The average molecular weight is 319 g/mol. The van der Waals surface area contributed by atoms with Gasteiger partial charge in [0.05, 0.1) is 19.2 Å². The quantitative estimate of drug-likeness (QED) is 0.797. The van der Waals surface area contributed by atoms with E-state index in [1.165, 1.54) is 14.0 Å². The molecule has 1 aromatic heterocycles. The van der Waals surface area contributed by atoms with E-state index in [9.17, 15) is 9.59 Å². The molecule has 0 aliphatic heterocycles. The summed E-state index contributed by atoms with van der Waals surface area (Å²) in [4.78, 5) is 24.4. The predicted octanol–water partition coefficient (Wildman–Crippen LogP) is 2.65. The number of amides is 1. The number of carbonyl (C=O) groups is 2. The van der Waals surface area contributed by atoms with Gasteiger partial charge in [0.1, 0.15) is 11.5 Å². The maximum absolute atomic E-state index is 11.8. The van der Waals surface area contributed by atoms with Crippen molar-refractivity contribution < 1.29 is 19.1 Å². The Bertz CT molecular complexity index is 652. The summed E-state index contributed by atoms with van der Waals surface area (Å²) in [7, 11) is 1.53.